The number of hydrogen-bond acceptors (Lipinski definition) is 9. The highest BCUT2D eigenvalue weighted by Crippen LogP contribution is 2.22. The highest BCUT2D eigenvalue weighted by Gasteiger charge is 2.21. The van der Waals surface area contributed by atoms with Gasteiger partial charge in [-0.05, 0) is 12.1 Å². The Morgan fingerprint density at radius 1 is 1.24 bits per heavy atom. The molecule has 2 N–H and O–H groups in total. The van der Waals surface area contributed by atoms with Crippen LogP contribution in [0.25, 0.3) is 11.4 Å². The van der Waals surface area contributed by atoms with Gasteiger partial charge in [0.15, 0.2) is 0 Å². The summed E-state index contributed by atoms with van der Waals surface area (Å²) >= 11 is 2.10. The van der Waals surface area contributed by atoms with Crippen LogP contribution in [0.1, 0.15) is 11.9 Å². The van der Waals surface area contributed by atoms with E-state index < -0.39 is 10.0 Å². The van der Waals surface area contributed by atoms with Gasteiger partial charge in [-0.1, -0.05) is 17.4 Å². The van der Waals surface area contributed by atoms with Crippen LogP contribution in [-0.2, 0) is 21.4 Å². The van der Waals surface area contributed by atoms with Crippen molar-refractivity contribution in [2.75, 3.05) is 5.32 Å². The molecule has 0 unspecified atom stereocenters. The molecule has 0 bridgehead atoms. The number of thiazole rings is 1. The SMILES string of the molecule is CC(=O)Nc1nnc(S(=O)(=O)NCc2nc(-c3ccccn3)cs2)s1. The number of aromatic nitrogens is 4. The van der Waals surface area contributed by atoms with Crippen molar-refractivity contribution in [1.82, 2.24) is 24.9 Å². The maximum Gasteiger partial charge on any atom is 0.270 e. The monoisotopic (exact) mass is 396 g/mol. The number of carbonyl (C=O) groups is 1. The number of nitrogens with one attached hydrogen (secondary N) is 2. The number of anilines is 1. The van der Waals surface area contributed by atoms with E-state index in [4.69, 9.17) is 0 Å². The summed E-state index contributed by atoms with van der Waals surface area (Å²) in [6, 6.07) is 5.49. The van der Waals surface area contributed by atoms with E-state index in [0.29, 0.717) is 10.7 Å². The summed E-state index contributed by atoms with van der Waals surface area (Å²) in [5.41, 5.74) is 1.40. The molecule has 0 spiro atoms. The summed E-state index contributed by atoms with van der Waals surface area (Å²) < 4.78 is 26.7. The molecule has 3 aromatic heterocycles. The van der Waals surface area contributed by atoms with Crippen molar-refractivity contribution in [1.29, 1.82) is 0 Å². The predicted molar refractivity (Wildman–Crippen MR) is 93.6 cm³/mol. The number of sulfonamides is 1. The first-order valence-corrected chi connectivity index (χ1v) is 10.1. The summed E-state index contributed by atoms with van der Waals surface area (Å²) in [6.07, 6.45) is 1.67. The topological polar surface area (TPSA) is 127 Å². The molecule has 3 aromatic rings. The van der Waals surface area contributed by atoms with Crippen LogP contribution in [0.15, 0.2) is 34.1 Å². The number of pyridine rings is 1. The van der Waals surface area contributed by atoms with E-state index in [-0.39, 0.29) is 21.9 Å². The Kier molecular flexibility index (Phi) is 5.13. The molecule has 9 nitrogen and oxygen atoms in total. The van der Waals surface area contributed by atoms with Crippen LogP contribution in [-0.4, -0.2) is 34.5 Å². The fraction of sp³-hybridized carbons (Fsp3) is 0.154. The van der Waals surface area contributed by atoms with Crippen LogP contribution >= 0.6 is 22.7 Å². The second kappa shape index (κ2) is 7.31. The Bertz CT molecular complexity index is 983. The third-order valence-electron chi connectivity index (χ3n) is 2.81. The molecular formula is C13H12N6O3S3. The van der Waals surface area contributed by atoms with Crippen LogP contribution in [0, 0.1) is 0 Å². The second-order valence-electron chi connectivity index (χ2n) is 4.72. The Morgan fingerprint density at radius 3 is 2.80 bits per heavy atom. The van der Waals surface area contributed by atoms with Crippen molar-refractivity contribution in [3.05, 3.63) is 34.8 Å². The first-order chi connectivity index (χ1) is 11.9. The average molecular weight is 396 g/mol. The van der Waals surface area contributed by atoms with Crippen molar-refractivity contribution >= 4 is 43.7 Å². The van der Waals surface area contributed by atoms with E-state index in [2.05, 4.69) is 30.2 Å². The van der Waals surface area contributed by atoms with E-state index in [1.165, 1.54) is 18.3 Å². The van der Waals surface area contributed by atoms with Crippen molar-refractivity contribution < 1.29 is 13.2 Å². The molecule has 0 saturated heterocycles. The third kappa shape index (κ3) is 4.42. The number of hydrogen-bond donors (Lipinski definition) is 2. The zero-order valence-corrected chi connectivity index (χ0v) is 15.3. The van der Waals surface area contributed by atoms with Gasteiger partial charge in [-0.2, -0.15) is 0 Å². The van der Waals surface area contributed by atoms with Crippen LogP contribution < -0.4 is 10.0 Å². The number of nitrogens with zero attached hydrogens (tertiary/aromatic N) is 4. The number of amides is 1. The Labute approximate surface area is 151 Å². The average Bonchev–Trinajstić information content (AvgIpc) is 3.23. The van der Waals surface area contributed by atoms with Crippen LogP contribution in [0.4, 0.5) is 5.13 Å². The van der Waals surface area contributed by atoms with Gasteiger partial charge in [0, 0.05) is 18.5 Å². The summed E-state index contributed by atoms with van der Waals surface area (Å²) in [6.45, 7) is 1.32. The van der Waals surface area contributed by atoms with Gasteiger partial charge in [0.1, 0.15) is 5.01 Å². The largest absolute Gasteiger partial charge is 0.301 e. The zero-order valence-electron chi connectivity index (χ0n) is 12.8. The van der Waals surface area contributed by atoms with Gasteiger partial charge in [0.25, 0.3) is 10.0 Å². The van der Waals surface area contributed by atoms with Crippen LogP contribution in [0.2, 0.25) is 0 Å². The van der Waals surface area contributed by atoms with E-state index >= 15 is 0 Å². The lowest BCUT2D eigenvalue weighted by Crippen LogP contribution is -2.23. The van der Waals surface area contributed by atoms with E-state index in [1.807, 2.05) is 23.6 Å². The minimum absolute atomic E-state index is 0.0227. The van der Waals surface area contributed by atoms with Gasteiger partial charge in [-0.15, -0.1) is 21.5 Å². The molecular weight excluding hydrogens is 384 g/mol. The van der Waals surface area contributed by atoms with Gasteiger partial charge in [-0.25, -0.2) is 18.1 Å². The first-order valence-electron chi connectivity index (χ1n) is 6.90. The molecule has 0 aliphatic rings. The third-order valence-corrected chi connectivity index (χ3v) is 6.27. The zero-order chi connectivity index (χ0) is 17.9. The van der Waals surface area contributed by atoms with E-state index in [1.54, 1.807) is 6.20 Å². The minimum Gasteiger partial charge on any atom is -0.301 e. The molecule has 3 rings (SSSR count). The minimum atomic E-state index is -3.83. The van der Waals surface area contributed by atoms with Crippen LogP contribution in [0.3, 0.4) is 0 Å². The molecule has 25 heavy (non-hydrogen) atoms. The highest BCUT2D eigenvalue weighted by atomic mass is 32.2. The quantitative estimate of drug-likeness (QED) is 0.604. The molecule has 0 atom stereocenters. The summed E-state index contributed by atoms with van der Waals surface area (Å²) in [7, 11) is -3.83. The normalized spacial score (nSPS) is 11.4. The molecule has 130 valence electrons. The van der Waals surface area contributed by atoms with E-state index in [0.717, 1.165) is 17.0 Å². The molecule has 12 heteroatoms. The van der Waals surface area contributed by atoms with Gasteiger partial charge in [0.05, 0.1) is 17.9 Å². The molecule has 0 aromatic carbocycles. The van der Waals surface area contributed by atoms with Crippen molar-refractivity contribution in [3.8, 4) is 11.4 Å². The second-order valence-corrected chi connectivity index (χ2v) is 8.58. The highest BCUT2D eigenvalue weighted by molar-refractivity contribution is 7.91. The molecule has 0 radical (unpaired) electrons. The Morgan fingerprint density at radius 2 is 2.08 bits per heavy atom. The summed E-state index contributed by atoms with van der Waals surface area (Å²) in [4.78, 5) is 19.5. The number of carbonyl (C=O) groups excluding carboxylic acids is 1. The van der Waals surface area contributed by atoms with Gasteiger partial charge >= 0.3 is 0 Å². The van der Waals surface area contributed by atoms with Gasteiger partial charge < -0.3 is 5.32 Å². The van der Waals surface area contributed by atoms with Gasteiger partial charge in [-0.3, -0.25) is 9.78 Å². The molecule has 0 saturated carbocycles. The number of rotatable bonds is 6. The van der Waals surface area contributed by atoms with Gasteiger partial charge in [0.2, 0.25) is 15.4 Å². The molecule has 3 heterocycles. The Hall–Kier alpha value is -2.28. The standard InChI is InChI=1S/C13H12N6O3S3/c1-8(20)16-12-18-19-13(24-12)25(21,22)15-6-11-17-10(7-23-11)9-4-2-3-5-14-9/h2-5,7,15H,6H2,1H3,(H,16,18,20). The molecule has 0 fully saturated rings. The fourth-order valence-electron chi connectivity index (χ4n) is 1.76. The maximum atomic E-state index is 12.2. The lowest BCUT2D eigenvalue weighted by molar-refractivity contribution is -0.114. The smallest absolute Gasteiger partial charge is 0.270 e. The lowest BCUT2D eigenvalue weighted by Gasteiger charge is -2.00. The maximum absolute atomic E-state index is 12.2. The first kappa shape index (κ1) is 17.5. The molecule has 0 aliphatic heterocycles. The Balaban J connectivity index is 1.67. The van der Waals surface area contributed by atoms with Crippen molar-refractivity contribution in [2.45, 2.75) is 17.8 Å². The molecule has 0 aliphatic carbocycles. The predicted octanol–water partition coefficient (Wildman–Crippen LogP) is 1.49. The van der Waals surface area contributed by atoms with Crippen LogP contribution in [0.5, 0.6) is 0 Å². The fourth-order valence-corrected chi connectivity index (χ4v) is 4.56. The van der Waals surface area contributed by atoms with Crippen molar-refractivity contribution in [2.24, 2.45) is 0 Å². The van der Waals surface area contributed by atoms with Crippen molar-refractivity contribution in [3.63, 3.8) is 0 Å². The lowest BCUT2D eigenvalue weighted by atomic mass is 10.3. The summed E-state index contributed by atoms with van der Waals surface area (Å²) in [5.74, 6) is -0.349. The summed E-state index contributed by atoms with van der Waals surface area (Å²) in [5, 5.41) is 12.1. The van der Waals surface area contributed by atoms with E-state index in [9.17, 15) is 13.2 Å². The molecule has 1 amide bonds.